The predicted molar refractivity (Wildman–Crippen MR) is 112 cm³/mol. The van der Waals surface area contributed by atoms with E-state index in [1.165, 1.54) is 6.92 Å². The lowest BCUT2D eigenvalue weighted by Crippen LogP contribution is -2.67. The second-order valence-electron chi connectivity index (χ2n) is 8.09. The second-order valence-corrected chi connectivity index (χ2v) is 8.09. The van der Waals surface area contributed by atoms with Crippen molar-refractivity contribution in [2.75, 3.05) is 6.61 Å². The molecule has 1 amide bonds. The fraction of sp³-hybridized carbons (Fsp3) is 0.652. The van der Waals surface area contributed by atoms with Crippen LogP contribution in [-0.4, -0.2) is 54.2 Å². The first kappa shape index (κ1) is 23.7. The molecule has 0 radical (unpaired) electrons. The summed E-state index contributed by atoms with van der Waals surface area (Å²) >= 11 is 0. The highest BCUT2D eigenvalue weighted by Gasteiger charge is 2.51. The second kappa shape index (κ2) is 11.6. The highest BCUT2D eigenvalue weighted by molar-refractivity contribution is 5.73. The maximum atomic E-state index is 12.6. The lowest BCUT2D eigenvalue weighted by molar-refractivity contribution is -0.338. The Hall–Kier alpha value is -2.00. The zero-order valence-electron chi connectivity index (χ0n) is 18.2. The van der Waals surface area contributed by atoms with Gasteiger partial charge in [0.15, 0.2) is 18.7 Å². The number of hydrogen-bond acceptors (Lipinski definition) is 7. The number of unbranched alkanes of at least 4 members (excludes halogenated alkanes) is 4. The Morgan fingerprint density at radius 3 is 2.58 bits per heavy atom. The van der Waals surface area contributed by atoms with Gasteiger partial charge in [0.1, 0.15) is 18.2 Å². The molecule has 0 aliphatic carbocycles. The van der Waals surface area contributed by atoms with Crippen LogP contribution in [-0.2, 0) is 28.5 Å². The molecule has 2 aliphatic rings. The minimum absolute atomic E-state index is 0.166. The van der Waals surface area contributed by atoms with E-state index >= 15 is 0 Å². The van der Waals surface area contributed by atoms with Crippen molar-refractivity contribution in [3.05, 3.63) is 35.9 Å². The third-order valence-electron chi connectivity index (χ3n) is 5.55. The van der Waals surface area contributed by atoms with Gasteiger partial charge in [0, 0.05) is 18.9 Å². The SMILES string of the molecule is CCCCCCCC(=O)O[C@@H]1[C@H](NC(C)=O)[C@H](O)O[C@@H]2CO[C@@H](c3ccccc3)O[C@@H]12. The molecule has 0 bridgehead atoms. The summed E-state index contributed by atoms with van der Waals surface area (Å²) in [6.45, 7) is 3.64. The van der Waals surface area contributed by atoms with E-state index in [9.17, 15) is 14.7 Å². The molecular weight excluding hydrogens is 402 g/mol. The molecular formula is C23H33NO7. The van der Waals surface area contributed by atoms with Gasteiger partial charge < -0.3 is 29.4 Å². The molecule has 0 unspecified atom stereocenters. The number of nitrogens with one attached hydrogen (secondary N) is 1. The van der Waals surface area contributed by atoms with Gasteiger partial charge in [-0.3, -0.25) is 9.59 Å². The third kappa shape index (κ3) is 6.49. The van der Waals surface area contributed by atoms with Crippen LogP contribution in [0.3, 0.4) is 0 Å². The first-order valence-corrected chi connectivity index (χ1v) is 11.1. The van der Waals surface area contributed by atoms with Gasteiger partial charge in [-0.1, -0.05) is 62.9 Å². The van der Waals surface area contributed by atoms with E-state index in [1.54, 1.807) is 0 Å². The third-order valence-corrected chi connectivity index (χ3v) is 5.55. The highest BCUT2D eigenvalue weighted by Crippen LogP contribution is 2.35. The molecule has 3 rings (SSSR count). The molecule has 6 atom stereocenters. The zero-order chi connectivity index (χ0) is 22.2. The Labute approximate surface area is 183 Å². The Kier molecular flexibility index (Phi) is 8.83. The van der Waals surface area contributed by atoms with E-state index in [1.807, 2.05) is 30.3 Å². The van der Waals surface area contributed by atoms with Gasteiger partial charge in [0.05, 0.1) is 6.61 Å². The van der Waals surface area contributed by atoms with E-state index in [-0.39, 0.29) is 24.9 Å². The van der Waals surface area contributed by atoms with Gasteiger partial charge in [-0.25, -0.2) is 0 Å². The van der Waals surface area contributed by atoms with Crippen molar-refractivity contribution in [1.82, 2.24) is 5.32 Å². The number of esters is 1. The Morgan fingerprint density at radius 1 is 1.13 bits per heavy atom. The van der Waals surface area contributed by atoms with Crippen molar-refractivity contribution in [3.8, 4) is 0 Å². The number of fused-ring (bicyclic) bond motifs is 1. The summed E-state index contributed by atoms with van der Waals surface area (Å²) in [5.41, 5.74) is 0.823. The van der Waals surface area contributed by atoms with Crippen LogP contribution in [0.25, 0.3) is 0 Å². The molecule has 2 fully saturated rings. The highest BCUT2D eigenvalue weighted by atomic mass is 16.7. The topological polar surface area (TPSA) is 103 Å². The van der Waals surface area contributed by atoms with Crippen LogP contribution < -0.4 is 5.32 Å². The van der Waals surface area contributed by atoms with Crippen LogP contribution in [0.1, 0.15) is 64.2 Å². The van der Waals surface area contributed by atoms with Crippen molar-refractivity contribution in [3.63, 3.8) is 0 Å². The molecule has 8 nitrogen and oxygen atoms in total. The smallest absolute Gasteiger partial charge is 0.306 e. The average molecular weight is 436 g/mol. The number of hydrogen-bond donors (Lipinski definition) is 2. The fourth-order valence-electron chi connectivity index (χ4n) is 3.98. The van der Waals surface area contributed by atoms with Gasteiger partial charge >= 0.3 is 5.97 Å². The zero-order valence-corrected chi connectivity index (χ0v) is 18.2. The summed E-state index contributed by atoms with van der Waals surface area (Å²) in [6, 6.07) is 8.49. The molecule has 2 N–H and O–H groups in total. The van der Waals surface area contributed by atoms with Crippen LogP contribution in [0, 0.1) is 0 Å². The molecule has 1 aromatic carbocycles. The lowest BCUT2D eigenvalue weighted by atomic mass is 9.95. The van der Waals surface area contributed by atoms with Crippen molar-refractivity contribution >= 4 is 11.9 Å². The molecule has 31 heavy (non-hydrogen) atoms. The number of rotatable bonds is 9. The largest absolute Gasteiger partial charge is 0.457 e. The van der Waals surface area contributed by atoms with Gasteiger partial charge in [-0.15, -0.1) is 0 Å². The van der Waals surface area contributed by atoms with E-state index in [0.717, 1.165) is 37.7 Å². The van der Waals surface area contributed by atoms with E-state index in [2.05, 4.69) is 12.2 Å². The summed E-state index contributed by atoms with van der Waals surface area (Å²) in [5, 5.41) is 13.1. The number of aliphatic hydroxyl groups is 1. The number of aliphatic hydroxyl groups excluding tert-OH is 1. The minimum Gasteiger partial charge on any atom is -0.457 e. The van der Waals surface area contributed by atoms with Crippen molar-refractivity contribution in [1.29, 1.82) is 0 Å². The van der Waals surface area contributed by atoms with Crippen LogP contribution in [0.5, 0.6) is 0 Å². The summed E-state index contributed by atoms with van der Waals surface area (Å²) in [5.74, 6) is -0.741. The maximum absolute atomic E-state index is 12.6. The number of ether oxygens (including phenoxy) is 4. The molecule has 2 heterocycles. The fourth-order valence-corrected chi connectivity index (χ4v) is 3.98. The summed E-state index contributed by atoms with van der Waals surface area (Å²) in [4.78, 5) is 24.3. The van der Waals surface area contributed by atoms with E-state index in [4.69, 9.17) is 18.9 Å². The van der Waals surface area contributed by atoms with Crippen molar-refractivity contribution in [2.45, 2.75) is 89.3 Å². The minimum atomic E-state index is -1.34. The van der Waals surface area contributed by atoms with E-state index in [0.29, 0.717) is 0 Å². The molecule has 172 valence electrons. The summed E-state index contributed by atoms with van der Waals surface area (Å²) in [7, 11) is 0. The van der Waals surface area contributed by atoms with E-state index < -0.39 is 36.9 Å². The van der Waals surface area contributed by atoms with Crippen LogP contribution in [0.2, 0.25) is 0 Å². The van der Waals surface area contributed by atoms with Gasteiger partial charge in [-0.2, -0.15) is 0 Å². The molecule has 2 aliphatic heterocycles. The van der Waals surface area contributed by atoms with Crippen molar-refractivity contribution in [2.24, 2.45) is 0 Å². The predicted octanol–water partition coefficient (Wildman–Crippen LogP) is 2.59. The first-order valence-electron chi connectivity index (χ1n) is 11.1. The molecule has 2 saturated heterocycles. The normalized spacial score (nSPS) is 30.3. The summed E-state index contributed by atoms with van der Waals surface area (Å²) < 4.78 is 23.3. The van der Waals surface area contributed by atoms with Crippen LogP contribution >= 0.6 is 0 Å². The number of carbonyl (C=O) groups excluding carboxylic acids is 2. The molecule has 8 heteroatoms. The van der Waals surface area contributed by atoms with Gasteiger partial charge in [0.25, 0.3) is 0 Å². The number of amides is 1. The quantitative estimate of drug-likeness (QED) is 0.454. The Bertz CT molecular complexity index is 713. The molecule has 0 spiro atoms. The standard InChI is InChI=1S/C23H33NO7/c1-3-4-5-6-10-13-18(26)30-21-19(24-15(2)25)22(27)29-17-14-28-23(31-20(17)21)16-11-8-7-9-12-16/h7-9,11-12,17,19-23,27H,3-6,10,13-14H2,1-2H3,(H,24,25)/t17-,19+,20-,21-,22-,23-/m1/s1. The van der Waals surface area contributed by atoms with Crippen LogP contribution in [0.4, 0.5) is 0 Å². The monoisotopic (exact) mass is 435 g/mol. The molecule has 0 aromatic heterocycles. The summed E-state index contributed by atoms with van der Waals surface area (Å²) in [6.07, 6.45) is 1.13. The Balaban J connectivity index is 1.71. The van der Waals surface area contributed by atoms with Crippen LogP contribution in [0.15, 0.2) is 30.3 Å². The molecule has 0 saturated carbocycles. The molecule has 1 aromatic rings. The number of carbonyl (C=O) groups is 2. The first-order chi connectivity index (χ1) is 15.0. The van der Waals surface area contributed by atoms with Gasteiger partial charge in [0.2, 0.25) is 5.91 Å². The van der Waals surface area contributed by atoms with Gasteiger partial charge in [-0.05, 0) is 6.42 Å². The average Bonchev–Trinajstić information content (AvgIpc) is 2.76. The Morgan fingerprint density at radius 2 is 1.87 bits per heavy atom. The van der Waals surface area contributed by atoms with Crippen molar-refractivity contribution < 1.29 is 33.6 Å². The maximum Gasteiger partial charge on any atom is 0.306 e. The number of benzene rings is 1. The lowest BCUT2D eigenvalue weighted by Gasteiger charge is -2.47.